The van der Waals surface area contributed by atoms with Crippen molar-refractivity contribution in [2.45, 2.75) is 32.3 Å². The van der Waals surface area contributed by atoms with E-state index in [1.807, 2.05) is 12.1 Å². The summed E-state index contributed by atoms with van der Waals surface area (Å²) in [6.45, 7) is 6.20. The van der Waals surface area contributed by atoms with Crippen LogP contribution in [0.15, 0.2) is 24.3 Å². The molecule has 96 valence electrons. The van der Waals surface area contributed by atoms with Gasteiger partial charge in [0.15, 0.2) is 0 Å². The number of nitrogens with one attached hydrogen (secondary N) is 1. The van der Waals surface area contributed by atoms with Gasteiger partial charge in [-0.15, -0.1) is 0 Å². The molecule has 0 amide bonds. The van der Waals surface area contributed by atoms with E-state index >= 15 is 0 Å². The van der Waals surface area contributed by atoms with Crippen LogP contribution in [0.5, 0.6) is 0 Å². The Morgan fingerprint density at radius 2 is 1.94 bits per heavy atom. The van der Waals surface area contributed by atoms with E-state index < -0.39 is 0 Å². The molecule has 1 aromatic rings. The molecule has 0 bridgehead atoms. The first kappa shape index (κ1) is 14.5. The Morgan fingerprint density at radius 3 is 2.47 bits per heavy atom. The summed E-state index contributed by atoms with van der Waals surface area (Å²) in [6.07, 6.45) is 1.29. The van der Waals surface area contributed by atoms with Gasteiger partial charge < -0.3 is 10.1 Å². The second-order valence-electron chi connectivity index (χ2n) is 4.34. The van der Waals surface area contributed by atoms with E-state index in [4.69, 9.17) is 16.3 Å². The zero-order valence-electron chi connectivity index (χ0n) is 10.9. The van der Waals surface area contributed by atoms with Crippen LogP contribution in [0.25, 0.3) is 0 Å². The monoisotopic (exact) mass is 255 g/mol. The van der Waals surface area contributed by atoms with Crippen LogP contribution >= 0.6 is 11.6 Å². The number of hydrogen-bond acceptors (Lipinski definition) is 2. The lowest BCUT2D eigenvalue weighted by atomic mass is 9.93. The Hall–Kier alpha value is -0.570. The Bertz CT molecular complexity index is 313. The van der Waals surface area contributed by atoms with Crippen molar-refractivity contribution in [3.63, 3.8) is 0 Å². The number of benzene rings is 1. The van der Waals surface area contributed by atoms with Crippen molar-refractivity contribution in [3.05, 3.63) is 34.9 Å². The summed E-state index contributed by atoms with van der Waals surface area (Å²) in [5.41, 5.74) is 1.32. The van der Waals surface area contributed by atoms with Crippen molar-refractivity contribution >= 4 is 11.6 Å². The van der Waals surface area contributed by atoms with E-state index in [9.17, 15) is 0 Å². The third kappa shape index (κ3) is 5.07. The fourth-order valence-corrected chi connectivity index (χ4v) is 2.01. The van der Waals surface area contributed by atoms with Gasteiger partial charge in [0.25, 0.3) is 0 Å². The quantitative estimate of drug-likeness (QED) is 0.806. The standard InChI is InChI=1S/C14H22ClNO/c1-4-16-10-13(9-11(2)17-3)12-5-7-14(15)8-6-12/h5-8,11,13,16H,4,9-10H2,1-3H3. The van der Waals surface area contributed by atoms with Gasteiger partial charge >= 0.3 is 0 Å². The van der Waals surface area contributed by atoms with Crippen molar-refractivity contribution < 1.29 is 4.74 Å². The zero-order valence-corrected chi connectivity index (χ0v) is 11.6. The van der Waals surface area contributed by atoms with Crippen LogP contribution in [0, 0.1) is 0 Å². The average molecular weight is 256 g/mol. The molecule has 0 aliphatic rings. The maximum atomic E-state index is 5.91. The van der Waals surface area contributed by atoms with Crippen molar-refractivity contribution in [1.82, 2.24) is 5.32 Å². The number of halogens is 1. The predicted molar refractivity (Wildman–Crippen MR) is 73.8 cm³/mol. The van der Waals surface area contributed by atoms with Gasteiger partial charge in [-0.3, -0.25) is 0 Å². The summed E-state index contributed by atoms with van der Waals surface area (Å²) >= 11 is 5.91. The first-order valence-corrected chi connectivity index (χ1v) is 6.54. The molecule has 2 atom stereocenters. The molecule has 0 spiro atoms. The first-order valence-electron chi connectivity index (χ1n) is 6.16. The van der Waals surface area contributed by atoms with Crippen molar-refractivity contribution in [2.24, 2.45) is 0 Å². The molecule has 1 N–H and O–H groups in total. The Morgan fingerprint density at radius 1 is 1.29 bits per heavy atom. The molecule has 2 nitrogen and oxygen atoms in total. The molecule has 0 radical (unpaired) electrons. The van der Waals surface area contributed by atoms with Gasteiger partial charge in [0, 0.05) is 18.7 Å². The highest BCUT2D eigenvalue weighted by Gasteiger charge is 2.14. The fourth-order valence-electron chi connectivity index (χ4n) is 1.89. The normalized spacial score (nSPS) is 14.6. The second-order valence-corrected chi connectivity index (χ2v) is 4.77. The van der Waals surface area contributed by atoms with E-state index in [1.54, 1.807) is 7.11 Å². The van der Waals surface area contributed by atoms with Crippen LogP contribution in [0.2, 0.25) is 5.02 Å². The van der Waals surface area contributed by atoms with Crippen molar-refractivity contribution in [1.29, 1.82) is 0 Å². The number of rotatable bonds is 7. The second kappa shape index (κ2) is 7.70. The lowest BCUT2D eigenvalue weighted by Crippen LogP contribution is -2.24. The van der Waals surface area contributed by atoms with Gasteiger partial charge in [-0.05, 0) is 43.5 Å². The summed E-state index contributed by atoms with van der Waals surface area (Å²) in [6, 6.07) is 8.11. The van der Waals surface area contributed by atoms with Crippen LogP contribution in [0.3, 0.4) is 0 Å². The zero-order chi connectivity index (χ0) is 12.7. The number of ether oxygens (including phenoxy) is 1. The van der Waals surface area contributed by atoms with Crippen molar-refractivity contribution in [2.75, 3.05) is 20.2 Å². The van der Waals surface area contributed by atoms with E-state index in [2.05, 4.69) is 31.3 Å². The highest BCUT2D eigenvalue weighted by atomic mass is 35.5. The molecule has 0 aromatic heterocycles. The van der Waals surface area contributed by atoms with Crippen LogP contribution in [0.1, 0.15) is 31.7 Å². The summed E-state index contributed by atoms with van der Waals surface area (Å²) < 4.78 is 5.35. The fraction of sp³-hybridized carbons (Fsp3) is 0.571. The average Bonchev–Trinajstić information content (AvgIpc) is 2.35. The first-order chi connectivity index (χ1) is 8.17. The van der Waals surface area contributed by atoms with E-state index in [0.717, 1.165) is 24.5 Å². The van der Waals surface area contributed by atoms with E-state index in [0.29, 0.717) is 5.92 Å². The molecule has 0 fully saturated rings. The van der Waals surface area contributed by atoms with Gasteiger partial charge in [-0.25, -0.2) is 0 Å². The molecular weight excluding hydrogens is 234 g/mol. The molecule has 1 rings (SSSR count). The number of likely N-dealkylation sites (N-methyl/N-ethyl adjacent to an activating group) is 1. The maximum absolute atomic E-state index is 5.91. The molecule has 3 heteroatoms. The molecule has 0 saturated carbocycles. The summed E-state index contributed by atoms with van der Waals surface area (Å²) in [4.78, 5) is 0. The lowest BCUT2D eigenvalue weighted by molar-refractivity contribution is 0.104. The summed E-state index contributed by atoms with van der Waals surface area (Å²) in [5, 5.41) is 4.19. The summed E-state index contributed by atoms with van der Waals surface area (Å²) in [5.74, 6) is 0.474. The molecular formula is C14H22ClNO. The number of hydrogen-bond donors (Lipinski definition) is 1. The molecule has 0 saturated heterocycles. The Kier molecular flexibility index (Phi) is 6.56. The van der Waals surface area contributed by atoms with Crippen LogP contribution in [0.4, 0.5) is 0 Å². The smallest absolute Gasteiger partial charge is 0.0549 e. The van der Waals surface area contributed by atoms with Crippen LogP contribution in [-0.4, -0.2) is 26.3 Å². The molecule has 17 heavy (non-hydrogen) atoms. The molecule has 0 heterocycles. The Balaban J connectivity index is 2.70. The van der Waals surface area contributed by atoms with Gasteiger partial charge in [-0.1, -0.05) is 30.7 Å². The number of methoxy groups -OCH3 is 1. The highest BCUT2D eigenvalue weighted by Crippen LogP contribution is 2.23. The van der Waals surface area contributed by atoms with Gasteiger partial charge in [0.1, 0.15) is 0 Å². The van der Waals surface area contributed by atoms with Crippen LogP contribution in [-0.2, 0) is 4.74 Å². The van der Waals surface area contributed by atoms with Gasteiger partial charge in [0.05, 0.1) is 6.10 Å². The topological polar surface area (TPSA) is 21.3 Å². The van der Waals surface area contributed by atoms with Gasteiger partial charge in [0.2, 0.25) is 0 Å². The lowest BCUT2D eigenvalue weighted by Gasteiger charge is -2.21. The van der Waals surface area contributed by atoms with Crippen LogP contribution < -0.4 is 5.32 Å². The molecule has 0 aliphatic heterocycles. The molecule has 0 aliphatic carbocycles. The molecule has 1 aromatic carbocycles. The minimum absolute atomic E-state index is 0.273. The highest BCUT2D eigenvalue weighted by molar-refractivity contribution is 6.30. The largest absolute Gasteiger partial charge is 0.382 e. The minimum Gasteiger partial charge on any atom is -0.382 e. The molecule has 2 unspecified atom stereocenters. The maximum Gasteiger partial charge on any atom is 0.0549 e. The van der Waals surface area contributed by atoms with E-state index in [1.165, 1.54) is 5.56 Å². The minimum atomic E-state index is 0.273. The van der Waals surface area contributed by atoms with E-state index in [-0.39, 0.29) is 6.10 Å². The van der Waals surface area contributed by atoms with Crippen molar-refractivity contribution in [3.8, 4) is 0 Å². The SMILES string of the molecule is CCNCC(CC(C)OC)c1ccc(Cl)cc1. The predicted octanol–water partition coefficient (Wildman–Crippen LogP) is 3.46. The third-order valence-electron chi connectivity index (χ3n) is 3.00. The Labute approximate surface area is 109 Å². The third-order valence-corrected chi connectivity index (χ3v) is 3.25. The van der Waals surface area contributed by atoms with Gasteiger partial charge in [-0.2, -0.15) is 0 Å². The summed E-state index contributed by atoms with van der Waals surface area (Å²) in [7, 11) is 1.76.